The fourth-order valence-corrected chi connectivity index (χ4v) is 5.21. The first kappa shape index (κ1) is 18.4. The largest absolute Gasteiger partial charge is 0.508 e. The van der Waals surface area contributed by atoms with Crippen molar-refractivity contribution in [2.24, 2.45) is 0 Å². The maximum atomic E-state index is 10.3. The quantitative estimate of drug-likeness (QED) is 0.528. The Hall–Kier alpha value is -3.38. The van der Waals surface area contributed by atoms with Crippen molar-refractivity contribution in [1.82, 2.24) is 15.3 Å². The molecule has 6 rings (SSSR count). The lowest BCUT2D eigenvalue weighted by molar-refractivity contribution is 0.380. The molecule has 6 nitrogen and oxygen atoms in total. The van der Waals surface area contributed by atoms with Crippen LogP contribution in [0, 0.1) is 0 Å². The Morgan fingerprint density at radius 3 is 2.58 bits per heavy atom. The SMILES string of the molecule is COc1nc(N2C3CCC2CNC3)c2ccc(-c3cc(O)cc4ccccc34)cc2n1. The van der Waals surface area contributed by atoms with Gasteiger partial charge in [-0.1, -0.05) is 30.3 Å². The Bertz CT molecular complexity index is 1290. The number of aromatic nitrogens is 2. The molecule has 2 atom stereocenters. The second-order valence-electron chi connectivity index (χ2n) is 8.43. The van der Waals surface area contributed by atoms with E-state index in [2.05, 4.69) is 39.5 Å². The molecule has 3 heterocycles. The standard InChI is InChI=1S/C25H24N4O2/c1-31-25-27-23-11-16(22-12-19(30)10-15-4-2-3-5-20(15)22)6-9-21(23)24(28-25)29-17-7-8-18(29)14-26-13-17/h2-6,9-12,17-18,26,30H,7-8,13-14H2,1H3. The van der Waals surface area contributed by atoms with Gasteiger partial charge in [0.15, 0.2) is 0 Å². The third-order valence-electron chi connectivity index (χ3n) is 6.62. The van der Waals surface area contributed by atoms with Gasteiger partial charge in [-0.2, -0.15) is 9.97 Å². The van der Waals surface area contributed by atoms with Gasteiger partial charge in [-0.25, -0.2) is 0 Å². The number of phenolic OH excluding ortho intramolecular Hbond substituents is 1. The smallest absolute Gasteiger partial charge is 0.318 e. The van der Waals surface area contributed by atoms with Crippen LogP contribution in [-0.4, -0.2) is 47.4 Å². The molecule has 0 saturated carbocycles. The summed E-state index contributed by atoms with van der Waals surface area (Å²) in [5, 5.41) is 17.0. The first-order valence-electron chi connectivity index (χ1n) is 10.8. The number of piperazine rings is 1. The van der Waals surface area contributed by atoms with Gasteiger partial charge in [0.2, 0.25) is 0 Å². The molecule has 31 heavy (non-hydrogen) atoms. The van der Waals surface area contributed by atoms with Crippen molar-refractivity contribution in [2.75, 3.05) is 25.1 Å². The van der Waals surface area contributed by atoms with E-state index in [0.29, 0.717) is 18.1 Å². The molecular formula is C25H24N4O2. The van der Waals surface area contributed by atoms with Gasteiger partial charge in [-0.3, -0.25) is 0 Å². The second kappa shape index (κ2) is 7.10. The Balaban J connectivity index is 1.54. The Morgan fingerprint density at radius 1 is 0.968 bits per heavy atom. The molecular weight excluding hydrogens is 388 g/mol. The van der Waals surface area contributed by atoms with E-state index in [1.54, 1.807) is 13.2 Å². The van der Waals surface area contributed by atoms with Crippen LogP contribution in [0.25, 0.3) is 32.8 Å². The number of fused-ring (bicyclic) bond motifs is 4. The minimum atomic E-state index is 0.257. The van der Waals surface area contributed by atoms with Gasteiger partial charge < -0.3 is 20.1 Å². The van der Waals surface area contributed by atoms with Crippen LogP contribution in [0.4, 0.5) is 5.82 Å². The van der Waals surface area contributed by atoms with Gasteiger partial charge >= 0.3 is 6.01 Å². The number of methoxy groups -OCH3 is 1. The number of hydrogen-bond acceptors (Lipinski definition) is 6. The van der Waals surface area contributed by atoms with Crippen molar-refractivity contribution in [2.45, 2.75) is 24.9 Å². The molecule has 2 unspecified atom stereocenters. The molecule has 2 aliphatic rings. The number of anilines is 1. The summed E-state index contributed by atoms with van der Waals surface area (Å²) >= 11 is 0. The number of nitrogens with one attached hydrogen (secondary N) is 1. The molecule has 0 aliphatic carbocycles. The van der Waals surface area contributed by atoms with E-state index < -0.39 is 0 Å². The van der Waals surface area contributed by atoms with Crippen LogP contribution in [-0.2, 0) is 0 Å². The molecule has 2 fully saturated rings. The van der Waals surface area contributed by atoms with Crippen LogP contribution in [0.15, 0.2) is 54.6 Å². The number of ether oxygens (including phenoxy) is 1. The average molecular weight is 412 g/mol. The number of nitrogens with zero attached hydrogens (tertiary/aromatic N) is 3. The molecule has 156 valence electrons. The monoisotopic (exact) mass is 412 g/mol. The Morgan fingerprint density at radius 2 is 1.77 bits per heavy atom. The second-order valence-corrected chi connectivity index (χ2v) is 8.43. The zero-order chi connectivity index (χ0) is 20.9. The van der Waals surface area contributed by atoms with Crippen molar-refractivity contribution in [3.63, 3.8) is 0 Å². The first-order chi connectivity index (χ1) is 15.2. The van der Waals surface area contributed by atoms with E-state index in [4.69, 9.17) is 9.72 Å². The molecule has 2 bridgehead atoms. The highest BCUT2D eigenvalue weighted by molar-refractivity contribution is 6.01. The highest BCUT2D eigenvalue weighted by atomic mass is 16.5. The van der Waals surface area contributed by atoms with Crippen LogP contribution < -0.4 is 15.0 Å². The lowest BCUT2D eigenvalue weighted by atomic mass is 9.97. The summed E-state index contributed by atoms with van der Waals surface area (Å²) in [6.07, 6.45) is 2.36. The van der Waals surface area contributed by atoms with Crippen LogP contribution in [0.3, 0.4) is 0 Å². The zero-order valence-corrected chi connectivity index (χ0v) is 17.4. The van der Waals surface area contributed by atoms with Crippen molar-refractivity contribution in [3.05, 3.63) is 54.6 Å². The lowest BCUT2D eigenvalue weighted by Gasteiger charge is -2.36. The summed E-state index contributed by atoms with van der Waals surface area (Å²) in [5.41, 5.74) is 2.85. The number of aromatic hydroxyl groups is 1. The van der Waals surface area contributed by atoms with Crippen LogP contribution in [0.2, 0.25) is 0 Å². The molecule has 4 aromatic rings. The molecule has 2 N–H and O–H groups in total. The van der Waals surface area contributed by atoms with Crippen molar-refractivity contribution in [1.29, 1.82) is 0 Å². The number of phenols is 1. The Kier molecular flexibility index (Phi) is 4.21. The van der Waals surface area contributed by atoms with Gasteiger partial charge in [0.1, 0.15) is 11.6 Å². The summed E-state index contributed by atoms with van der Waals surface area (Å²) in [4.78, 5) is 11.9. The van der Waals surface area contributed by atoms with Crippen molar-refractivity contribution in [3.8, 4) is 22.9 Å². The van der Waals surface area contributed by atoms with Gasteiger partial charge in [-0.05, 0) is 59.0 Å². The molecule has 0 radical (unpaired) electrons. The van der Waals surface area contributed by atoms with Crippen molar-refractivity contribution < 1.29 is 9.84 Å². The van der Waals surface area contributed by atoms with E-state index in [1.165, 1.54) is 12.8 Å². The fraction of sp³-hybridized carbons (Fsp3) is 0.280. The highest BCUT2D eigenvalue weighted by Crippen LogP contribution is 2.39. The summed E-state index contributed by atoms with van der Waals surface area (Å²) in [6, 6.07) is 19.3. The summed E-state index contributed by atoms with van der Waals surface area (Å²) in [6.45, 7) is 1.97. The van der Waals surface area contributed by atoms with E-state index in [0.717, 1.165) is 51.7 Å². The topological polar surface area (TPSA) is 70.5 Å². The van der Waals surface area contributed by atoms with Gasteiger partial charge in [-0.15, -0.1) is 0 Å². The summed E-state index contributed by atoms with van der Waals surface area (Å²) in [5.74, 6) is 1.22. The molecule has 2 aliphatic heterocycles. The van der Waals surface area contributed by atoms with Gasteiger partial charge in [0.25, 0.3) is 0 Å². The zero-order valence-electron chi connectivity index (χ0n) is 17.4. The van der Waals surface area contributed by atoms with E-state index in [9.17, 15) is 5.11 Å². The number of rotatable bonds is 3. The summed E-state index contributed by atoms with van der Waals surface area (Å²) in [7, 11) is 1.61. The third kappa shape index (κ3) is 2.98. The molecule has 2 saturated heterocycles. The first-order valence-corrected chi connectivity index (χ1v) is 10.8. The molecule has 0 spiro atoms. The number of hydrogen-bond donors (Lipinski definition) is 2. The minimum Gasteiger partial charge on any atom is -0.508 e. The van der Waals surface area contributed by atoms with Crippen LogP contribution in [0.1, 0.15) is 12.8 Å². The lowest BCUT2D eigenvalue weighted by Crippen LogP contribution is -2.52. The van der Waals surface area contributed by atoms with Gasteiger partial charge in [0, 0.05) is 30.6 Å². The highest BCUT2D eigenvalue weighted by Gasteiger charge is 2.38. The van der Waals surface area contributed by atoms with E-state index >= 15 is 0 Å². The van der Waals surface area contributed by atoms with Crippen LogP contribution in [0.5, 0.6) is 11.8 Å². The average Bonchev–Trinajstić information content (AvgIpc) is 3.04. The van der Waals surface area contributed by atoms with Crippen molar-refractivity contribution >= 4 is 27.5 Å². The summed E-state index contributed by atoms with van der Waals surface area (Å²) < 4.78 is 5.48. The van der Waals surface area contributed by atoms with Gasteiger partial charge in [0.05, 0.1) is 12.6 Å². The van der Waals surface area contributed by atoms with E-state index in [-0.39, 0.29) is 5.75 Å². The predicted octanol–water partition coefficient (Wildman–Crippen LogP) is 4.10. The van der Waals surface area contributed by atoms with E-state index in [1.807, 2.05) is 24.3 Å². The molecule has 0 amide bonds. The van der Waals surface area contributed by atoms with Crippen LogP contribution >= 0.6 is 0 Å². The maximum Gasteiger partial charge on any atom is 0.318 e. The molecule has 1 aromatic heterocycles. The molecule has 3 aromatic carbocycles. The predicted molar refractivity (Wildman–Crippen MR) is 123 cm³/mol. The number of benzene rings is 3. The maximum absolute atomic E-state index is 10.3. The third-order valence-corrected chi connectivity index (χ3v) is 6.62. The normalized spacial score (nSPS) is 20.5. The fourth-order valence-electron chi connectivity index (χ4n) is 5.21. The Labute approximate surface area is 180 Å². The molecule has 6 heteroatoms. The minimum absolute atomic E-state index is 0.257.